The molecule has 0 saturated carbocycles. The minimum atomic E-state index is -0.611. The number of carbonyl (C=O) groups is 1. The number of aliphatic hydroxyl groups excluding tert-OH is 1. The lowest BCUT2D eigenvalue weighted by atomic mass is 10.1. The highest BCUT2D eigenvalue weighted by Crippen LogP contribution is 2.07. The number of aliphatic hydroxyl groups is 1. The second-order valence-corrected chi connectivity index (χ2v) is 2.26. The van der Waals surface area contributed by atoms with Gasteiger partial charge in [-0.25, -0.2) is 5.48 Å². The van der Waals surface area contributed by atoms with Gasteiger partial charge in [0.2, 0.25) is 0 Å². The molecule has 3 N–H and O–H groups in total. The molecule has 64 valence electrons. The standard InChI is InChI=1S/C8H9NO3/c10-5-6-3-1-2-4-7(6)8(11)9-12/h1-4,10,12H,5H2,(H,9,11). The summed E-state index contributed by atoms with van der Waals surface area (Å²) in [6, 6.07) is 6.51. The van der Waals surface area contributed by atoms with Crippen molar-refractivity contribution in [2.75, 3.05) is 0 Å². The molecule has 1 rings (SSSR count). The van der Waals surface area contributed by atoms with E-state index in [4.69, 9.17) is 10.3 Å². The Hall–Kier alpha value is -1.39. The molecule has 0 bridgehead atoms. The molecule has 12 heavy (non-hydrogen) atoms. The molecule has 0 radical (unpaired) electrons. The number of nitrogens with one attached hydrogen (secondary N) is 1. The third-order valence-electron chi connectivity index (χ3n) is 1.53. The van der Waals surface area contributed by atoms with E-state index < -0.39 is 5.91 Å². The Balaban J connectivity index is 3.04. The third kappa shape index (κ3) is 1.61. The Morgan fingerprint density at radius 3 is 2.67 bits per heavy atom. The first-order valence-electron chi connectivity index (χ1n) is 3.42. The quantitative estimate of drug-likeness (QED) is 0.438. The lowest BCUT2D eigenvalue weighted by Gasteiger charge is -2.03. The number of hydrogen-bond donors (Lipinski definition) is 3. The maximum atomic E-state index is 10.9. The fourth-order valence-corrected chi connectivity index (χ4v) is 0.940. The van der Waals surface area contributed by atoms with Crippen molar-refractivity contribution in [2.45, 2.75) is 6.61 Å². The zero-order valence-electron chi connectivity index (χ0n) is 6.32. The van der Waals surface area contributed by atoms with Gasteiger partial charge >= 0.3 is 0 Å². The summed E-state index contributed by atoms with van der Waals surface area (Å²) in [5.74, 6) is -0.611. The summed E-state index contributed by atoms with van der Waals surface area (Å²) in [5, 5.41) is 17.1. The topological polar surface area (TPSA) is 69.6 Å². The van der Waals surface area contributed by atoms with Crippen LogP contribution in [0.2, 0.25) is 0 Å². The van der Waals surface area contributed by atoms with Crippen LogP contribution in [-0.2, 0) is 6.61 Å². The van der Waals surface area contributed by atoms with Crippen molar-refractivity contribution in [2.24, 2.45) is 0 Å². The van der Waals surface area contributed by atoms with Crippen molar-refractivity contribution in [1.82, 2.24) is 5.48 Å². The molecule has 0 aliphatic heterocycles. The van der Waals surface area contributed by atoms with Crippen LogP contribution in [0.4, 0.5) is 0 Å². The van der Waals surface area contributed by atoms with E-state index in [1.165, 1.54) is 11.5 Å². The number of carbonyl (C=O) groups excluding carboxylic acids is 1. The van der Waals surface area contributed by atoms with Crippen molar-refractivity contribution in [1.29, 1.82) is 0 Å². The molecule has 4 heteroatoms. The van der Waals surface area contributed by atoms with Crippen LogP contribution >= 0.6 is 0 Å². The minimum Gasteiger partial charge on any atom is -0.392 e. The monoisotopic (exact) mass is 167 g/mol. The fourth-order valence-electron chi connectivity index (χ4n) is 0.940. The van der Waals surface area contributed by atoms with E-state index >= 15 is 0 Å². The van der Waals surface area contributed by atoms with Crippen molar-refractivity contribution < 1.29 is 15.1 Å². The highest BCUT2D eigenvalue weighted by atomic mass is 16.5. The third-order valence-corrected chi connectivity index (χ3v) is 1.53. The molecule has 0 heterocycles. The summed E-state index contributed by atoms with van der Waals surface area (Å²) >= 11 is 0. The summed E-state index contributed by atoms with van der Waals surface area (Å²) in [6.45, 7) is -0.219. The molecule has 0 saturated heterocycles. The number of hydrogen-bond acceptors (Lipinski definition) is 3. The van der Waals surface area contributed by atoms with Gasteiger partial charge in [0.05, 0.1) is 6.61 Å². The fraction of sp³-hybridized carbons (Fsp3) is 0.125. The SMILES string of the molecule is O=C(NO)c1ccccc1CO. The molecule has 0 aromatic heterocycles. The largest absolute Gasteiger partial charge is 0.392 e. The molecule has 1 aromatic carbocycles. The maximum Gasteiger partial charge on any atom is 0.275 e. The van der Waals surface area contributed by atoms with E-state index in [9.17, 15) is 4.79 Å². The van der Waals surface area contributed by atoms with Gasteiger partial charge in [0.15, 0.2) is 0 Å². The molecule has 0 unspecified atom stereocenters. The van der Waals surface area contributed by atoms with Gasteiger partial charge in [0.25, 0.3) is 5.91 Å². The number of amides is 1. The van der Waals surface area contributed by atoms with E-state index in [-0.39, 0.29) is 12.2 Å². The number of benzene rings is 1. The normalized spacial score (nSPS) is 9.50. The van der Waals surface area contributed by atoms with Crippen molar-refractivity contribution in [3.05, 3.63) is 35.4 Å². The summed E-state index contributed by atoms with van der Waals surface area (Å²) < 4.78 is 0. The molecule has 1 amide bonds. The Morgan fingerprint density at radius 2 is 2.08 bits per heavy atom. The van der Waals surface area contributed by atoms with Crippen LogP contribution in [0.25, 0.3) is 0 Å². The molecular formula is C8H9NO3. The number of rotatable bonds is 2. The second kappa shape index (κ2) is 3.85. The van der Waals surface area contributed by atoms with Crippen LogP contribution in [-0.4, -0.2) is 16.2 Å². The summed E-state index contributed by atoms with van der Waals surface area (Å²) in [6.07, 6.45) is 0. The Labute approximate surface area is 69.4 Å². The van der Waals surface area contributed by atoms with Gasteiger partial charge in [-0.1, -0.05) is 18.2 Å². The van der Waals surface area contributed by atoms with Crippen molar-refractivity contribution in [3.8, 4) is 0 Å². The van der Waals surface area contributed by atoms with Crippen molar-refractivity contribution in [3.63, 3.8) is 0 Å². The minimum absolute atomic E-state index is 0.219. The summed E-state index contributed by atoms with van der Waals surface area (Å²) in [5.41, 5.74) is 2.28. The molecule has 0 aliphatic carbocycles. The van der Waals surface area contributed by atoms with Crippen LogP contribution < -0.4 is 5.48 Å². The zero-order chi connectivity index (χ0) is 8.97. The van der Waals surface area contributed by atoms with Gasteiger partial charge in [-0.3, -0.25) is 10.0 Å². The first-order chi connectivity index (χ1) is 5.79. The van der Waals surface area contributed by atoms with E-state index in [1.807, 2.05) is 0 Å². The predicted molar refractivity (Wildman–Crippen MR) is 41.6 cm³/mol. The average Bonchev–Trinajstić information content (AvgIpc) is 2.16. The maximum absolute atomic E-state index is 10.9. The highest BCUT2D eigenvalue weighted by Gasteiger charge is 2.07. The van der Waals surface area contributed by atoms with E-state index in [1.54, 1.807) is 18.2 Å². The smallest absolute Gasteiger partial charge is 0.275 e. The first-order valence-corrected chi connectivity index (χ1v) is 3.42. The van der Waals surface area contributed by atoms with Gasteiger partial charge in [0, 0.05) is 5.56 Å². The van der Waals surface area contributed by atoms with Gasteiger partial charge in [0.1, 0.15) is 0 Å². The van der Waals surface area contributed by atoms with E-state index in [2.05, 4.69) is 0 Å². The van der Waals surface area contributed by atoms with E-state index in [0.29, 0.717) is 5.56 Å². The molecule has 4 nitrogen and oxygen atoms in total. The second-order valence-electron chi connectivity index (χ2n) is 2.26. The Morgan fingerprint density at radius 1 is 1.42 bits per heavy atom. The molecular weight excluding hydrogens is 158 g/mol. The van der Waals surface area contributed by atoms with Crippen LogP contribution in [0.15, 0.2) is 24.3 Å². The lowest BCUT2D eigenvalue weighted by molar-refractivity contribution is 0.0703. The molecule has 0 aliphatic rings. The predicted octanol–water partition coefficient (Wildman–Crippen LogP) is 0.298. The van der Waals surface area contributed by atoms with Gasteiger partial charge < -0.3 is 5.11 Å². The van der Waals surface area contributed by atoms with E-state index in [0.717, 1.165) is 0 Å². The Kier molecular flexibility index (Phi) is 2.79. The van der Waals surface area contributed by atoms with Crippen LogP contribution in [0.5, 0.6) is 0 Å². The number of hydroxylamine groups is 1. The highest BCUT2D eigenvalue weighted by molar-refractivity contribution is 5.94. The van der Waals surface area contributed by atoms with Crippen LogP contribution in [0.3, 0.4) is 0 Å². The van der Waals surface area contributed by atoms with Crippen molar-refractivity contribution >= 4 is 5.91 Å². The molecule has 0 spiro atoms. The van der Waals surface area contributed by atoms with Crippen LogP contribution in [0.1, 0.15) is 15.9 Å². The first kappa shape index (κ1) is 8.70. The Bertz CT molecular complexity index is 285. The molecule has 0 atom stereocenters. The molecule has 1 aromatic rings. The average molecular weight is 167 g/mol. The van der Waals surface area contributed by atoms with Gasteiger partial charge in [-0.15, -0.1) is 0 Å². The van der Waals surface area contributed by atoms with Gasteiger partial charge in [-0.05, 0) is 11.6 Å². The van der Waals surface area contributed by atoms with Gasteiger partial charge in [-0.2, -0.15) is 0 Å². The lowest BCUT2D eigenvalue weighted by Crippen LogP contribution is -2.20. The summed E-state index contributed by atoms with van der Waals surface area (Å²) in [7, 11) is 0. The van der Waals surface area contributed by atoms with Crippen LogP contribution in [0, 0.1) is 0 Å². The summed E-state index contributed by atoms with van der Waals surface area (Å²) in [4.78, 5) is 10.9. The zero-order valence-corrected chi connectivity index (χ0v) is 6.32. The molecule has 0 fully saturated rings.